The molecule has 0 radical (unpaired) electrons. The van der Waals surface area contributed by atoms with Crippen LogP contribution in [0.1, 0.15) is 0 Å². The van der Waals surface area contributed by atoms with Crippen LogP contribution in [0.15, 0.2) is 55.1 Å². The molecule has 4 heterocycles. The fourth-order valence-electron chi connectivity index (χ4n) is 3.38. The van der Waals surface area contributed by atoms with Gasteiger partial charge in [0.15, 0.2) is 0 Å². The first-order valence-corrected chi connectivity index (χ1v) is 7.87. The van der Waals surface area contributed by atoms with Crippen molar-refractivity contribution in [1.29, 1.82) is 0 Å². The molecule has 0 saturated carbocycles. The summed E-state index contributed by atoms with van der Waals surface area (Å²) in [6, 6.07) is 9.34. The molecule has 0 aliphatic rings. The van der Waals surface area contributed by atoms with Crippen LogP contribution >= 0.6 is 0 Å². The standard InChI is InChI=1S/C19H14N6/c20-12-2-1-3-13(21)17(12)19-16-10-8-22-6-4-14(10)24-18(16)11-9-23-7-5-15(11)25-19/h1-9,24H,20-21H2. The van der Waals surface area contributed by atoms with Crippen molar-refractivity contribution in [2.24, 2.45) is 0 Å². The first kappa shape index (κ1) is 13.7. The Hall–Kier alpha value is -3.67. The van der Waals surface area contributed by atoms with Crippen LogP contribution in [-0.4, -0.2) is 19.9 Å². The van der Waals surface area contributed by atoms with E-state index < -0.39 is 0 Å². The molecule has 0 saturated heterocycles. The smallest absolute Gasteiger partial charge is 0.0851 e. The first-order chi connectivity index (χ1) is 12.2. The molecule has 0 aliphatic heterocycles. The summed E-state index contributed by atoms with van der Waals surface area (Å²) in [7, 11) is 0. The number of nitrogens with two attached hydrogens (primary N) is 2. The molecule has 0 aliphatic carbocycles. The number of pyridine rings is 3. The van der Waals surface area contributed by atoms with E-state index >= 15 is 0 Å². The minimum absolute atomic E-state index is 0.598. The van der Waals surface area contributed by atoms with E-state index in [0.29, 0.717) is 11.4 Å². The van der Waals surface area contributed by atoms with Gasteiger partial charge in [0.05, 0.1) is 16.7 Å². The van der Waals surface area contributed by atoms with Gasteiger partial charge in [-0.25, -0.2) is 4.98 Å². The molecule has 5 rings (SSSR count). The van der Waals surface area contributed by atoms with Gasteiger partial charge in [0.2, 0.25) is 0 Å². The first-order valence-electron chi connectivity index (χ1n) is 7.87. The number of aromatic amines is 1. The second-order valence-electron chi connectivity index (χ2n) is 5.96. The molecule has 25 heavy (non-hydrogen) atoms. The molecule has 5 aromatic rings. The Labute approximate surface area is 142 Å². The molecule has 5 N–H and O–H groups in total. The highest BCUT2D eigenvalue weighted by Gasteiger charge is 2.18. The maximum Gasteiger partial charge on any atom is 0.0851 e. The van der Waals surface area contributed by atoms with Gasteiger partial charge in [0.1, 0.15) is 0 Å². The highest BCUT2D eigenvalue weighted by molar-refractivity contribution is 6.21. The lowest BCUT2D eigenvalue weighted by Crippen LogP contribution is -1.98. The van der Waals surface area contributed by atoms with Crippen molar-refractivity contribution >= 4 is 44.1 Å². The summed E-state index contributed by atoms with van der Waals surface area (Å²) in [5, 5.41) is 2.88. The number of hydrogen-bond acceptors (Lipinski definition) is 5. The fraction of sp³-hybridized carbons (Fsp3) is 0. The van der Waals surface area contributed by atoms with Crippen molar-refractivity contribution < 1.29 is 0 Å². The minimum Gasteiger partial charge on any atom is -0.398 e. The van der Waals surface area contributed by atoms with Crippen LogP contribution in [0.2, 0.25) is 0 Å². The SMILES string of the molecule is Nc1cccc(N)c1-c1nc2ccncc2c2[nH]c3ccncc3c12. The zero-order valence-corrected chi connectivity index (χ0v) is 13.2. The number of hydrogen-bond donors (Lipinski definition) is 3. The summed E-state index contributed by atoms with van der Waals surface area (Å²) in [5.74, 6) is 0. The maximum absolute atomic E-state index is 6.24. The summed E-state index contributed by atoms with van der Waals surface area (Å²) in [4.78, 5) is 16.9. The van der Waals surface area contributed by atoms with E-state index in [4.69, 9.17) is 16.5 Å². The lowest BCUT2D eigenvalue weighted by atomic mass is 10.0. The quantitative estimate of drug-likeness (QED) is 0.409. The number of nitrogen functional groups attached to an aromatic ring is 2. The predicted octanol–water partition coefficient (Wildman–Crippen LogP) is 3.49. The third kappa shape index (κ3) is 1.88. The fourth-order valence-corrected chi connectivity index (χ4v) is 3.38. The topological polar surface area (TPSA) is 107 Å². The third-order valence-corrected chi connectivity index (χ3v) is 4.50. The van der Waals surface area contributed by atoms with E-state index in [1.54, 1.807) is 12.4 Å². The Morgan fingerprint density at radius 2 is 1.56 bits per heavy atom. The summed E-state index contributed by atoms with van der Waals surface area (Å²) in [6.45, 7) is 0. The number of nitrogens with zero attached hydrogens (tertiary/aromatic N) is 3. The van der Waals surface area contributed by atoms with Crippen molar-refractivity contribution in [3.8, 4) is 11.3 Å². The molecule has 0 amide bonds. The molecule has 0 bridgehead atoms. The Balaban J connectivity index is 2.07. The van der Waals surface area contributed by atoms with Crippen LogP contribution in [0.5, 0.6) is 0 Å². The van der Waals surface area contributed by atoms with Crippen LogP contribution in [0.4, 0.5) is 11.4 Å². The van der Waals surface area contributed by atoms with Crippen LogP contribution in [0.25, 0.3) is 44.0 Å². The molecule has 0 fully saturated rings. The second-order valence-corrected chi connectivity index (χ2v) is 5.96. The molecule has 1 aromatic carbocycles. The van der Waals surface area contributed by atoms with Crippen LogP contribution < -0.4 is 11.5 Å². The van der Waals surface area contributed by atoms with Gasteiger partial charge in [-0.05, 0) is 24.3 Å². The van der Waals surface area contributed by atoms with Gasteiger partial charge < -0.3 is 16.5 Å². The van der Waals surface area contributed by atoms with Crippen molar-refractivity contribution in [2.45, 2.75) is 0 Å². The van der Waals surface area contributed by atoms with Gasteiger partial charge in [-0.3, -0.25) is 9.97 Å². The van der Waals surface area contributed by atoms with Gasteiger partial charge in [0, 0.05) is 63.4 Å². The zero-order valence-electron chi connectivity index (χ0n) is 13.2. The molecule has 120 valence electrons. The van der Waals surface area contributed by atoms with Gasteiger partial charge in [-0.15, -0.1) is 0 Å². The summed E-state index contributed by atoms with van der Waals surface area (Å²) >= 11 is 0. The monoisotopic (exact) mass is 326 g/mol. The van der Waals surface area contributed by atoms with Crippen LogP contribution in [0.3, 0.4) is 0 Å². The molecule has 6 nitrogen and oxygen atoms in total. The number of rotatable bonds is 1. The van der Waals surface area contributed by atoms with E-state index in [9.17, 15) is 0 Å². The third-order valence-electron chi connectivity index (χ3n) is 4.50. The highest BCUT2D eigenvalue weighted by atomic mass is 14.8. The molecular formula is C19H14N6. The van der Waals surface area contributed by atoms with E-state index in [1.165, 1.54) is 0 Å². The summed E-state index contributed by atoms with van der Waals surface area (Å²) in [5.41, 5.74) is 18.0. The van der Waals surface area contributed by atoms with Crippen molar-refractivity contribution in [1.82, 2.24) is 19.9 Å². The number of fused-ring (bicyclic) bond motifs is 5. The van der Waals surface area contributed by atoms with Crippen molar-refractivity contribution in [3.05, 3.63) is 55.1 Å². The summed E-state index contributed by atoms with van der Waals surface area (Å²) < 4.78 is 0. The number of anilines is 2. The van der Waals surface area contributed by atoms with Crippen LogP contribution in [-0.2, 0) is 0 Å². The average molecular weight is 326 g/mol. The van der Waals surface area contributed by atoms with Gasteiger partial charge in [0.25, 0.3) is 0 Å². The lowest BCUT2D eigenvalue weighted by molar-refractivity contribution is 1.33. The Bertz CT molecular complexity index is 1250. The van der Waals surface area contributed by atoms with E-state index in [0.717, 1.165) is 44.0 Å². The van der Waals surface area contributed by atoms with Gasteiger partial charge in [-0.1, -0.05) is 6.07 Å². The minimum atomic E-state index is 0.598. The molecule has 0 atom stereocenters. The number of nitrogens with one attached hydrogen (secondary N) is 1. The second kappa shape index (κ2) is 4.91. The molecule has 6 heteroatoms. The zero-order chi connectivity index (χ0) is 17.0. The summed E-state index contributed by atoms with van der Waals surface area (Å²) in [6.07, 6.45) is 7.13. The number of benzene rings is 1. The van der Waals surface area contributed by atoms with E-state index in [2.05, 4.69) is 15.0 Å². The Morgan fingerprint density at radius 1 is 0.840 bits per heavy atom. The average Bonchev–Trinajstić information content (AvgIpc) is 3.01. The maximum atomic E-state index is 6.24. The largest absolute Gasteiger partial charge is 0.398 e. The molecular weight excluding hydrogens is 312 g/mol. The molecule has 0 unspecified atom stereocenters. The van der Waals surface area contributed by atoms with E-state index in [1.807, 2.05) is 42.7 Å². The highest BCUT2D eigenvalue weighted by Crippen LogP contribution is 2.40. The molecule has 4 aromatic heterocycles. The van der Waals surface area contributed by atoms with Gasteiger partial charge in [-0.2, -0.15) is 0 Å². The van der Waals surface area contributed by atoms with E-state index in [-0.39, 0.29) is 0 Å². The predicted molar refractivity (Wildman–Crippen MR) is 101 cm³/mol. The number of H-pyrrole nitrogens is 1. The van der Waals surface area contributed by atoms with Crippen molar-refractivity contribution in [2.75, 3.05) is 11.5 Å². The Morgan fingerprint density at radius 3 is 2.36 bits per heavy atom. The van der Waals surface area contributed by atoms with Crippen LogP contribution in [0, 0.1) is 0 Å². The van der Waals surface area contributed by atoms with Gasteiger partial charge >= 0.3 is 0 Å². The Kier molecular flexibility index (Phi) is 2.70. The van der Waals surface area contributed by atoms with Crippen molar-refractivity contribution in [3.63, 3.8) is 0 Å². The molecule has 0 spiro atoms. The normalized spacial score (nSPS) is 11.5. The number of aromatic nitrogens is 4. The lowest BCUT2D eigenvalue weighted by Gasteiger charge is -2.11.